The van der Waals surface area contributed by atoms with Gasteiger partial charge in [-0.3, -0.25) is 0 Å². The Balaban J connectivity index is 1.94. The standard InChI is InChI=1S/C16H25NO/c1-12-7-6-9-15(13(12)2)17-11-14-8-4-5-10-16(14)18-3/h4-5,8,10,12-13,15,17H,6-7,9,11H2,1-3H3/t12-,13+,15-/m0/s1. The fourth-order valence-electron chi connectivity index (χ4n) is 2.96. The zero-order valence-electron chi connectivity index (χ0n) is 11.8. The molecule has 0 aliphatic heterocycles. The third kappa shape index (κ3) is 3.05. The minimum Gasteiger partial charge on any atom is -0.496 e. The van der Waals surface area contributed by atoms with Crippen LogP contribution in [0.3, 0.4) is 0 Å². The molecule has 3 atom stereocenters. The molecule has 1 fully saturated rings. The number of para-hydroxylation sites is 1. The average Bonchev–Trinajstić information content (AvgIpc) is 2.41. The summed E-state index contributed by atoms with van der Waals surface area (Å²) in [4.78, 5) is 0. The summed E-state index contributed by atoms with van der Waals surface area (Å²) in [7, 11) is 1.74. The molecule has 1 aromatic rings. The minimum absolute atomic E-state index is 0.652. The molecule has 1 aromatic carbocycles. The topological polar surface area (TPSA) is 21.3 Å². The van der Waals surface area contributed by atoms with Crippen LogP contribution in [0.1, 0.15) is 38.7 Å². The van der Waals surface area contributed by atoms with E-state index in [-0.39, 0.29) is 0 Å². The maximum atomic E-state index is 5.39. The summed E-state index contributed by atoms with van der Waals surface area (Å²) in [5.41, 5.74) is 1.26. The van der Waals surface area contributed by atoms with Crippen LogP contribution < -0.4 is 10.1 Å². The molecule has 1 aliphatic rings. The van der Waals surface area contributed by atoms with E-state index in [4.69, 9.17) is 4.74 Å². The number of methoxy groups -OCH3 is 1. The molecule has 1 N–H and O–H groups in total. The SMILES string of the molecule is COc1ccccc1CN[C@H]1CCC[C@H](C)[C@H]1C. The molecule has 18 heavy (non-hydrogen) atoms. The summed E-state index contributed by atoms with van der Waals surface area (Å²) in [6.07, 6.45) is 4.05. The van der Waals surface area contributed by atoms with Gasteiger partial charge in [-0.1, -0.05) is 44.9 Å². The number of ether oxygens (including phenoxy) is 1. The predicted octanol–water partition coefficient (Wildman–Crippen LogP) is 3.61. The smallest absolute Gasteiger partial charge is 0.123 e. The van der Waals surface area contributed by atoms with Crippen LogP contribution in [-0.2, 0) is 6.54 Å². The Morgan fingerprint density at radius 1 is 1.22 bits per heavy atom. The van der Waals surface area contributed by atoms with Crippen molar-refractivity contribution in [3.8, 4) is 5.75 Å². The van der Waals surface area contributed by atoms with Crippen molar-refractivity contribution in [3.63, 3.8) is 0 Å². The number of benzene rings is 1. The first-order valence-corrected chi connectivity index (χ1v) is 7.07. The maximum Gasteiger partial charge on any atom is 0.123 e. The summed E-state index contributed by atoms with van der Waals surface area (Å²) in [6.45, 7) is 5.66. The van der Waals surface area contributed by atoms with E-state index in [9.17, 15) is 0 Å². The molecule has 0 radical (unpaired) electrons. The van der Waals surface area contributed by atoms with E-state index in [1.54, 1.807) is 7.11 Å². The molecule has 1 aliphatic carbocycles. The second kappa shape index (κ2) is 6.24. The predicted molar refractivity (Wildman–Crippen MR) is 75.8 cm³/mol. The molecule has 0 bridgehead atoms. The first kappa shape index (κ1) is 13.4. The van der Waals surface area contributed by atoms with Crippen molar-refractivity contribution >= 4 is 0 Å². The van der Waals surface area contributed by atoms with Gasteiger partial charge in [0.05, 0.1) is 7.11 Å². The third-order valence-electron chi connectivity index (χ3n) is 4.45. The van der Waals surface area contributed by atoms with Crippen molar-refractivity contribution in [1.29, 1.82) is 0 Å². The van der Waals surface area contributed by atoms with Crippen LogP contribution in [0.2, 0.25) is 0 Å². The molecule has 2 heteroatoms. The van der Waals surface area contributed by atoms with Gasteiger partial charge in [0.1, 0.15) is 5.75 Å². The van der Waals surface area contributed by atoms with Gasteiger partial charge in [0.15, 0.2) is 0 Å². The van der Waals surface area contributed by atoms with Gasteiger partial charge in [0.2, 0.25) is 0 Å². The van der Waals surface area contributed by atoms with E-state index >= 15 is 0 Å². The summed E-state index contributed by atoms with van der Waals surface area (Å²) in [6, 6.07) is 8.92. The van der Waals surface area contributed by atoms with Gasteiger partial charge in [-0.05, 0) is 24.3 Å². The average molecular weight is 247 g/mol. The number of rotatable bonds is 4. The minimum atomic E-state index is 0.652. The zero-order chi connectivity index (χ0) is 13.0. The number of hydrogen-bond acceptors (Lipinski definition) is 2. The Hall–Kier alpha value is -1.02. The Morgan fingerprint density at radius 3 is 2.78 bits per heavy atom. The van der Waals surface area contributed by atoms with Gasteiger partial charge in [0, 0.05) is 18.2 Å². The summed E-state index contributed by atoms with van der Waals surface area (Å²) >= 11 is 0. The first-order valence-electron chi connectivity index (χ1n) is 7.07. The number of nitrogens with one attached hydrogen (secondary N) is 1. The van der Waals surface area contributed by atoms with Crippen LogP contribution in [0.5, 0.6) is 5.75 Å². The first-order chi connectivity index (χ1) is 8.72. The van der Waals surface area contributed by atoms with Crippen molar-refractivity contribution in [2.24, 2.45) is 11.8 Å². The van der Waals surface area contributed by atoms with E-state index < -0.39 is 0 Å². The van der Waals surface area contributed by atoms with Gasteiger partial charge in [-0.15, -0.1) is 0 Å². The van der Waals surface area contributed by atoms with Crippen LogP contribution in [0.25, 0.3) is 0 Å². The molecule has 0 unspecified atom stereocenters. The lowest BCUT2D eigenvalue weighted by atomic mass is 9.78. The highest BCUT2D eigenvalue weighted by molar-refractivity contribution is 5.33. The molecule has 0 heterocycles. The molecule has 2 nitrogen and oxygen atoms in total. The van der Waals surface area contributed by atoms with Crippen LogP contribution in [0, 0.1) is 11.8 Å². The molecule has 0 amide bonds. The van der Waals surface area contributed by atoms with Crippen LogP contribution in [-0.4, -0.2) is 13.2 Å². The fourth-order valence-corrected chi connectivity index (χ4v) is 2.96. The molecule has 2 rings (SSSR count). The van der Waals surface area contributed by atoms with Gasteiger partial charge < -0.3 is 10.1 Å². The normalized spacial score (nSPS) is 28.1. The van der Waals surface area contributed by atoms with E-state index in [2.05, 4.69) is 31.3 Å². The van der Waals surface area contributed by atoms with E-state index in [1.165, 1.54) is 24.8 Å². The second-order valence-electron chi connectivity index (χ2n) is 5.57. The Kier molecular flexibility index (Phi) is 4.65. The van der Waals surface area contributed by atoms with Gasteiger partial charge in [0.25, 0.3) is 0 Å². The summed E-state index contributed by atoms with van der Waals surface area (Å²) < 4.78 is 5.39. The van der Waals surface area contributed by atoms with Crippen molar-refractivity contribution < 1.29 is 4.74 Å². The van der Waals surface area contributed by atoms with E-state index in [0.29, 0.717) is 6.04 Å². The molecular formula is C16H25NO. The van der Waals surface area contributed by atoms with Gasteiger partial charge in [-0.25, -0.2) is 0 Å². The monoisotopic (exact) mass is 247 g/mol. The lowest BCUT2D eigenvalue weighted by molar-refractivity contribution is 0.205. The van der Waals surface area contributed by atoms with Crippen molar-refractivity contribution in [2.75, 3.05) is 7.11 Å². The molecule has 0 spiro atoms. The maximum absolute atomic E-state index is 5.39. The van der Waals surface area contributed by atoms with Crippen LogP contribution in [0.15, 0.2) is 24.3 Å². The van der Waals surface area contributed by atoms with Gasteiger partial charge in [-0.2, -0.15) is 0 Å². The molecule has 100 valence electrons. The van der Waals surface area contributed by atoms with Crippen molar-refractivity contribution in [2.45, 2.75) is 45.7 Å². The zero-order valence-corrected chi connectivity index (χ0v) is 11.8. The molecule has 0 aromatic heterocycles. The van der Waals surface area contributed by atoms with Crippen molar-refractivity contribution in [1.82, 2.24) is 5.32 Å². The second-order valence-corrected chi connectivity index (χ2v) is 5.57. The molecule has 1 saturated carbocycles. The van der Waals surface area contributed by atoms with E-state index in [0.717, 1.165) is 24.1 Å². The third-order valence-corrected chi connectivity index (χ3v) is 4.45. The quantitative estimate of drug-likeness (QED) is 0.877. The lowest BCUT2D eigenvalue weighted by Gasteiger charge is -2.35. The van der Waals surface area contributed by atoms with Crippen LogP contribution >= 0.6 is 0 Å². The van der Waals surface area contributed by atoms with Crippen LogP contribution in [0.4, 0.5) is 0 Å². The largest absolute Gasteiger partial charge is 0.496 e. The Labute approximate surface area is 111 Å². The summed E-state index contributed by atoms with van der Waals surface area (Å²) in [5, 5.41) is 3.71. The highest BCUT2D eigenvalue weighted by Crippen LogP contribution is 2.30. The van der Waals surface area contributed by atoms with Gasteiger partial charge >= 0.3 is 0 Å². The summed E-state index contributed by atoms with van der Waals surface area (Å²) in [5.74, 6) is 2.60. The Morgan fingerprint density at radius 2 is 2.00 bits per heavy atom. The highest BCUT2D eigenvalue weighted by atomic mass is 16.5. The van der Waals surface area contributed by atoms with Crippen molar-refractivity contribution in [3.05, 3.63) is 29.8 Å². The Bertz CT molecular complexity index is 377. The number of hydrogen-bond donors (Lipinski definition) is 1. The molecular weight excluding hydrogens is 222 g/mol. The fraction of sp³-hybridized carbons (Fsp3) is 0.625. The van der Waals surface area contributed by atoms with E-state index in [1.807, 2.05) is 12.1 Å². The lowest BCUT2D eigenvalue weighted by Crippen LogP contribution is -2.40. The molecule has 0 saturated heterocycles. The highest BCUT2D eigenvalue weighted by Gasteiger charge is 2.26.